The van der Waals surface area contributed by atoms with Gasteiger partial charge in [-0.05, 0) is 36.2 Å². The molecule has 0 fully saturated rings. The molecule has 31 heavy (non-hydrogen) atoms. The molecule has 0 aliphatic carbocycles. The number of rotatable bonds is 4. The van der Waals surface area contributed by atoms with E-state index in [1.54, 1.807) is 24.3 Å². The topological polar surface area (TPSA) is 116 Å². The number of hydrogen-bond donors (Lipinski definition) is 0. The van der Waals surface area contributed by atoms with Gasteiger partial charge in [0.1, 0.15) is 5.69 Å². The predicted octanol–water partition coefficient (Wildman–Crippen LogP) is 3.97. The summed E-state index contributed by atoms with van der Waals surface area (Å²) >= 11 is 0. The molecule has 0 atom stereocenters. The van der Waals surface area contributed by atoms with Gasteiger partial charge in [0.15, 0.2) is 5.76 Å². The van der Waals surface area contributed by atoms with E-state index in [4.69, 9.17) is 13.8 Å². The summed E-state index contributed by atoms with van der Waals surface area (Å²) in [5.74, 6) is -2.01. The summed E-state index contributed by atoms with van der Waals surface area (Å²) in [5.41, 5.74) is 1.33. The van der Waals surface area contributed by atoms with E-state index in [0.717, 1.165) is 0 Å². The number of carbonyl (C=O) groups is 3. The zero-order valence-electron chi connectivity index (χ0n) is 16.5. The molecule has 2 amide bonds. The molecule has 1 aromatic carbocycles. The molecule has 4 aromatic rings. The maximum Gasteiger partial charge on any atom is 0.364 e. The van der Waals surface area contributed by atoms with Crippen LogP contribution >= 0.6 is 0 Å². The van der Waals surface area contributed by atoms with E-state index >= 15 is 0 Å². The lowest BCUT2D eigenvalue weighted by molar-refractivity contribution is -0.0583. The zero-order chi connectivity index (χ0) is 21.7. The van der Waals surface area contributed by atoms with Crippen LogP contribution in [0.2, 0.25) is 0 Å². The van der Waals surface area contributed by atoms with Crippen molar-refractivity contribution in [1.29, 1.82) is 0 Å². The first-order valence-corrected chi connectivity index (χ1v) is 9.50. The van der Waals surface area contributed by atoms with E-state index in [1.807, 2.05) is 13.8 Å². The van der Waals surface area contributed by atoms with E-state index in [2.05, 4.69) is 10.1 Å². The zero-order valence-corrected chi connectivity index (χ0v) is 16.5. The number of imide groups is 1. The van der Waals surface area contributed by atoms with Crippen LogP contribution in [0.5, 0.6) is 0 Å². The van der Waals surface area contributed by atoms with E-state index < -0.39 is 17.8 Å². The Bertz CT molecular complexity index is 1320. The third-order valence-corrected chi connectivity index (χ3v) is 4.94. The van der Waals surface area contributed by atoms with Gasteiger partial charge in [0.2, 0.25) is 0 Å². The number of aromatic nitrogens is 2. The summed E-state index contributed by atoms with van der Waals surface area (Å²) in [7, 11) is 0. The Labute approximate surface area is 175 Å². The number of hydroxylamine groups is 2. The molecule has 4 heterocycles. The molecule has 0 saturated heterocycles. The summed E-state index contributed by atoms with van der Waals surface area (Å²) in [6.45, 7) is 3.77. The van der Waals surface area contributed by atoms with Crippen LogP contribution in [0.25, 0.3) is 22.6 Å². The minimum Gasteiger partial charge on any atom is -0.463 e. The second-order valence-electron chi connectivity index (χ2n) is 7.26. The standard InChI is InChI=1S/C22H15N3O6/c1-11(2)18-17-14(10-15(16-8-5-9-29-16)23-19(17)30-24-18)22(28)31-25-20(26)12-6-3-4-7-13(12)21(25)27/h3-11H,1-2H3. The van der Waals surface area contributed by atoms with Gasteiger partial charge in [-0.2, -0.15) is 0 Å². The SMILES string of the molecule is CC(C)c1noc2nc(-c3ccco3)cc(C(=O)ON3C(=O)c4ccccc4C3=O)c12. The largest absolute Gasteiger partial charge is 0.463 e. The van der Waals surface area contributed by atoms with Crippen LogP contribution in [-0.4, -0.2) is 33.0 Å². The molecule has 1 aliphatic rings. The summed E-state index contributed by atoms with van der Waals surface area (Å²) in [4.78, 5) is 48.0. The predicted molar refractivity (Wildman–Crippen MR) is 106 cm³/mol. The number of hydrogen-bond acceptors (Lipinski definition) is 8. The van der Waals surface area contributed by atoms with Gasteiger partial charge in [-0.15, -0.1) is 0 Å². The summed E-state index contributed by atoms with van der Waals surface area (Å²) in [5, 5.41) is 4.85. The van der Waals surface area contributed by atoms with Gasteiger partial charge in [-0.1, -0.05) is 36.2 Å². The first kappa shape index (κ1) is 18.7. The van der Waals surface area contributed by atoms with Crippen molar-refractivity contribution in [3.8, 4) is 11.5 Å². The number of amides is 2. The summed E-state index contributed by atoms with van der Waals surface area (Å²) in [6.07, 6.45) is 1.47. The minimum atomic E-state index is -0.917. The van der Waals surface area contributed by atoms with E-state index in [9.17, 15) is 14.4 Å². The molecule has 9 heteroatoms. The Morgan fingerprint density at radius 3 is 2.39 bits per heavy atom. The highest BCUT2D eigenvalue weighted by molar-refractivity contribution is 6.21. The first-order chi connectivity index (χ1) is 15.0. The van der Waals surface area contributed by atoms with Crippen molar-refractivity contribution in [2.24, 2.45) is 0 Å². The Kier molecular flexibility index (Phi) is 4.18. The third kappa shape index (κ3) is 2.90. The first-order valence-electron chi connectivity index (χ1n) is 9.50. The molecule has 5 rings (SSSR count). The lowest BCUT2D eigenvalue weighted by Gasteiger charge is -2.13. The van der Waals surface area contributed by atoms with Crippen molar-refractivity contribution < 1.29 is 28.2 Å². The van der Waals surface area contributed by atoms with Gasteiger partial charge < -0.3 is 13.8 Å². The number of fused-ring (bicyclic) bond motifs is 2. The molecule has 0 unspecified atom stereocenters. The molecule has 0 saturated carbocycles. The number of pyridine rings is 1. The van der Waals surface area contributed by atoms with Crippen LogP contribution in [0.15, 0.2) is 57.7 Å². The van der Waals surface area contributed by atoms with Crippen molar-refractivity contribution in [3.63, 3.8) is 0 Å². The Balaban J connectivity index is 1.59. The van der Waals surface area contributed by atoms with Gasteiger partial charge in [0, 0.05) is 0 Å². The Hall–Kier alpha value is -4.27. The van der Waals surface area contributed by atoms with Gasteiger partial charge in [-0.3, -0.25) is 9.59 Å². The summed E-state index contributed by atoms with van der Waals surface area (Å²) < 4.78 is 10.7. The van der Waals surface area contributed by atoms with E-state index in [1.165, 1.54) is 24.5 Å². The van der Waals surface area contributed by atoms with Gasteiger partial charge >= 0.3 is 5.97 Å². The molecule has 3 aromatic heterocycles. The lowest BCUT2D eigenvalue weighted by atomic mass is 10.0. The molecular weight excluding hydrogens is 402 g/mol. The fraction of sp³-hybridized carbons (Fsp3) is 0.136. The van der Waals surface area contributed by atoms with Gasteiger partial charge in [0.25, 0.3) is 17.5 Å². The Morgan fingerprint density at radius 2 is 1.77 bits per heavy atom. The minimum absolute atomic E-state index is 0.0536. The highest BCUT2D eigenvalue weighted by Gasteiger charge is 2.39. The van der Waals surface area contributed by atoms with Crippen LogP contribution in [0.3, 0.4) is 0 Å². The Morgan fingerprint density at radius 1 is 1.06 bits per heavy atom. The van der Waals surface area contributed by atoms with Gasteiger partial charge in [0.05, 0.1) is 34.0 Å². The number of carbonyl (C=O) groups excluding carboxylic acids is 3. The maximum absolute atomic E-state index is 13.2. The molecule has 9 nitrogen and oxygen atoms in total. The molecule has 154 valence electrons. The quantitative estimate of drug-likeness (QED) is 0.458. The maximum atomic E-state index is 13.2. The van der Waals surface area contributed by atoms with Crippen LogP contribution in [0.1, 0.15) is 56.5 Å². The van der Waals surface area contributed by atoms with Crippen molar-refractivity contribution >= 4 is 28.9 Å². The van der Waals surface area contributed by atoms with E-state index in [-0.39, 0.29) is 28.3 Å². The monoisotopic (exact) mass is 417 g/mol. The van der Waals surface area contributed by atoms with Crippen LogP contribution < -0.4 is 0 Å². The number of benzene rings is 1. The highest BCUT2D eigenvalue weighted by atomic mass is 16.7. The second-order valence-corrected chi connectivity index (χ2v) is 7.26. The molecular formula is C22H15N3O6. The molecule has 0 spiro atoms. The van der Waals surface area contributed by atoms with Crippen molar-refractivity contribution in [2.45, 2.75) is 19.8 Å². The van der Waals surface area contributed by atoms with Crippen molar-refractivity contribution in [2.75, 3.05) is 0 Å². The molecule has 0 radical (unpaired) electrons. The van der Waals surface area contributed by atoms with Crippen molar-refractivity contribution in [3.05, 3.63) is 71.1 Å². The smallest absolute Gasteiger partial charge is 0.364 e. The van der Waals surface area contributed by atoms with Crippen LogP contribution in [-0.2, 0) is 4.84 Å². The second kappa shape index (κ2) is 6.91. The van der Waals surface area contributed by atoms with Crippen LogP contribution in [0, 0.1) is 0 Å². The van der Waals surface area contributed by atoms with Gasteiger partial charge in [-0.25, -0.2) is 9.78 Å². The highest BCUT2D eigenvalue weighted by Crippen LogP contribution is 2.32. The fourth-order valence-corrected chi connectivity index (χ4v) is 3.46. The lowest BCUT2D eigenvalue weighted by Crippen LogP contribution is -2.32. The van der Waals surface area contributed by atoms with E-state index in [0.29, 0.717) is 27.6 Å². The van der Waals surface area contributed by atoms with Crippen LogP contribution in [0.4, 0.5) is 0 Å². The molecule has 0 bridgehead atoms. The van der Waals surface area contributed by atoms with Crippen molar-refractivity contribution in [1.82, 2.24) is 15.2 Å². The normalized spacial score (nSPS) is 13.3. The average molecular weight is 417 g/mol. The molecule has 0 N–H and O–H groups in total. The fourth-order valence-electron chi connectivity index (χ4n) is 3.46. The number of furan rings is 1. The number of nitrogens with zero attached hydrogens (tertiary/aromatic N) is 3. The average Bonchev–Trinajstić information content (AvgIpc) is 3.49. The molecule has 1 aliphatic heterocycles. The third-order valence-electron chi connectivity index (χ3n) is 4.94. The summed E-state index contributed by atoms with van der Waals surface area (Å²) in [6, 6.07) is 11.1.